The van der Waals surface area contributed by atoms with E-state index in [-0.39, 0.29) is 68.3 Å². The van der Waals surface area contributed by atoms with Gasteiger partial charge in [-0.05, 0) is 93.7 Å². The van der Waals surface area contributed by atoms with Gasteiger partial charge in [0.2, 0.25) is 35.4 Å². The number of imide groups is 1. The first kappa shape index (κ1) is 54.1. The van der Waals surface area contributed by atoms with Gasteiger partial charge >= 0.3 is 0 Å². The molecule has 22 heteroatoms. The summed E-state index contributed by atoms with van der Waals surface area (Å²) in [5.74, 6) is -4.79. The van der Waals surface area contributed by atoms with Crippen molar-refractivity contribution in [1.29, 1.82) is 0 Å². The summed E-state index contributed by atoms with van der Waals surface area (Å²) in [5.41, 5.74) is 10.9. The number of carbonyl (C=O) groups is 8. The molecule has 77 heavy (non-hydrogen) atoms. The third-order valence-electron chi connectivity index (χ3n) is 15.1. The molecule has 21 nitrogen and oxygen atoms in total. The number of ether oxygens (including phenoxy) is 2. The van der Waals surface area contributed by atoms with Gasteiger partial charge in [-0.15, -0.1) is 0 Å². The fraction of sp³-hybridized carbons (Fsp3) is 0.455. The van der Waals surface area contributed by atoms with E-state index in [1.54, 1.807) is 41.8 Å². The molecule has 0 radical (unpaired) electrons. The number of halogens is 1. The van der Waals surface area contributed by atoms with E-state index in [1.165, 1.54) is 18.2 Å². The highest BCUT2D eigenvalue weighted by Gasteiger charge is 2.58. The number of fused-ring (bicyclic) bond motifs is 6. The monoisotopic (exact) mass is 1060 g/mol. The van der Waals surface area contributed by atoms with Crippen LogP contribution in [0, 0.1) is 12.7 Å². The van der Waals surface area contributed by atoms with Gasteiger partial charge in [0.1, 0.15) is 23.5 Å². The van der Waals surface area contributed by atoms with Crippen LogP contribution >= 0.6 is 0 Å². The van der Waals surface area contributed by atoms with Crippen molar-refractivity contribution in [2.75, 3.05) is 39.3 Å². The summed E-state index contributed by atoms with van der Waals surface area (Å²) in [6, 6.07) is 9.47. The van der Waals surface area contributed by atoms with Gasteiger partial charge in [0.25, 0.3) is 17.4 Å². The minimum atomic E-state index is -1.18. The minimum absolute atomic E-state index is 0.0394. The lowest BCUT2D eigenvalue weighted by Crippen LogP contribution is -2.53. The molecule has 8 N–H and O–H groups in total. The summed E-state index contributed by atoms with van der Waals surface area (Å²) < 4.78 is 29.0. The van der Waals surface area contributed by atoms with Crippen molar-refractivity contribution in [3.63, 3.8) is 0 Å². The number of nitrogens with zero attached hydrogens (tertiary/aromatic N) is 3. The molecule has 4 aliphatic heterocycles. The molecule has 2 aromatic carbocycles. The molecule has 9 rings (SSSR count). The summed E-state index contributed by atoms with van der Waals surface area (Å²) in [5, 5.41) is 16.8. The molecular formula is C55H63FN10O11. The normalized spacial score (nSPS) is 19.2. The molecule has 6 heterocycles. The maximum absolute atomic E-state index is 15.5. The number of rotatable bonds is 23. The number of hydrogen-bond donors (Lipinski definition) is 7. The number of pyridine rings is 2. The number of benzene rings is 2. The van der Waals surface area contributed by atoms with Crippen LogP contribution in [0.25, 0.3) is 22.3 Å². The first-order chi connectivity index (χ1) is 37.1. The Morgan fingerprint density at radius 2 is 1.53 bits per heavy atom. The van der Waals surface area contributed by atoms with Crippen LogP contribution in [0.2, 0.25) is 0 Å². The number of aryl methyl sites for hydroxylation is 1. The van der Waals surface area contributed by atoms with Crippen LogP contribution in [-0.2, 0) is 79.4 Å². The van der Waals surface area contributed by atoms with Gasteiger partial charge in [0, 0.05) is 59.7 Å². The molecule has 0 saturated carbocycles. The van der Waals surface area contributed by atoms with Crippen LogP contribution in [0.1, 0.15) is 103 Å². The molecule has 4 aromatic rings. The summed E-state index contributed by atoms with van der Waals surface area (Å²) in [7, 11) is 0. The zero-order valence-corrected chi connectivity index (χ0v) is 43.0. The van der Waals surface area contributed by atoms with Gasteiger partial charge in [-0.3, -0.25) is 48.1 Å². The van der Waals surface area contributed by atoms with Crippen molar-refractivity contribution in [1.82, 2.24) is 46.4 Å². The van der Waals surface area contributed by atoms with Crippen LogP contribution in [0.15, 0.2) is 59.4 Å². The van der Waals surface area contributed by atoms with Gasteiger partial charge < -0.3 is 51.7 Å². The fourth-order valence-electron chi connectivity index (χ4n) is 10.9. The van der Waals surface area contributed by atoms with E-state index in [4.69, 9.17) is 20.2 Å². The summed E-state index contributed by atoms with van der Waals surface area (Å²) in [6.45, 7) is 3.34. The van der Waals surface area contributed by atoms with Crippen molar-refractivity contribution >= 4 is 58.2 Å². The fourth-order valence-corrected chi connectivity index (χ4v) is 10.9. The first-order valence-electron chi connectivity index (χ1n) is 26.2. The smallest absolute Gasteiger partial charge is 0.257 e. The zero-order valence-electron chi connectivity index (χ0n) is 43.0. The number of nitrogens with two attached hydrogens (primary N) is 1. The topological polar surface area (TPSA) is 295 Å². The second-order valence-corrected chi connectivity index (χ2v) is 20.2. The van der Waals surface area contributed by atoms with E-state index in [1.807, 2.05) is 13.0 Å². The number of nitrogens with one attached hydrogen (secondary N) is 6. The van der Waals surface area contributed by atoms with Crippen LogP contribution in [0.5, 0.6) is 0 Å². The van der Waals surface area contributed by atoms with Crippen LogP contribution in [-0.4, -0.2) is 119 Å². The van der Waals surface area contributed by atoms with Gasteiger partial charge in [0.15, 0.2) is 0 Å². The molecule has 1 aliphatic carbocycles. The predicted octanol–water partition coefficient (Wildman–Crippen LogP) is 1.30. The Hall–Kier alpha value is -7.69. The Morgan fingerprint density at radius 3 is 2.26 bits per heavy atom. The van der Waals surface area contributed by atoms with Crippen molar-refractivity contribution in [3.05, 3.63) is 110 Å². The molecule has 2 aromatic heterocycles. The molecule has 5 aliphatic rings. The Labute approximate surface area is 442 Å². The number of carbonyl (C=O) groups excluding carboxylic acids is 8. The molecule has 1 fully saturated rings. The SMILES string of the molecule is Cc1c(F)cc2nc3c(c4c2c1CC[C@@H]4NC(=O)CNC(=O)[C@H](Cc1ccccc1)NC(=O)CNC(=O)CNC(=O)C(CCCCN)NC(=O)CCCCCN1C(=O)C=CC1=O)Cn1c-3cc2c(c1=O)COC[C@@]21OC1C. The number of aromatic nitrogens is 2. The van der Waals surface area contributed by atoms with E-state index >= 15 is 4.39 Å². The molecule has 2 unspecified atom stereocenters. The van der Waals surface area contributed by atoms with Gasteiger partial charge in [-0.25, -0.2) is 9.37 Å². The lowest BCUT2D eigenvalue weighted by atomic mass is 9.81. The lowest BCUT2D eigenvalue weighted by molar-refractivity contribution is -0.137. The van der Waals surface area contributed by atoms with Gasteiger partial charge in [0.05, 0.1) is 68.4 Å². The largest absolute Gasteiger partial charge is 0.373 e. The van der Waals surface area contributed by atoms with E-state index in [0.29, 0.717) is 97.1 Å². The quantitative estimate of drug-likeness (QED) is 0.0276. The summed E-state index contributed by atoms with van der Waals surface area (Å²) in [6.07, 6.45) is 6.17. The molecule has 406 valence electrons. The van der Waals surface area contributed by atoms with Crippen molar-refractivity contribution in [3.8, 4) is 11.4 Å². The first-order valence-corrected chi connectivity index (χ1v) is 26.2. The van der Waals surface area contributed by atoms with Gasteiger partial charge in [-0.2, -0.15) is 0 Å². The van der Waals surface area contributed by atoms with E-state index in [2.05, 4.69) is 31.9 Å². The molecule has 0 bridgehead atoms. The third-order valence-corrected chi connectivity index (χ3v) is 15.1. The lowest BCUT2D eigenvalue weighted by Gasteiger charge is -2.30. The summed E-state index contributed by atoms with van der Waals surface area (Å²) >= 11 is 0. The second kappa shape index (κ2) is 23.3. The van der Waals surface area contributed by atoms with Crippen LogP contribution < -0.4 is 43.2 Å². The Kier molecular flexibility index (Phi) is 16.4. The van der Waals surface area contributed by atoms with Crippen molar-refractivity contribution in [2.45, 2.75) is 121 Å². The third kappa shape index (κ3) is 11.7. The van der Waals surface area contributed by atoms with Crippen LogP contribution in [0.3, 0.4) is 0 Å². The minimum Gasteiger partial charge on any atom is -0.373 e. The maximum Gasteiger partial charge on any atom is 0.257 e. The maximum atomic E-state index is 15.5. The predicted molar refractivity (Wildman–Crippen MR) is 277 cm³/mol. The Balaban J connectivity index is 0.798. The van der Waals surface area contributed by atoms with Crippen LogP contribution in [0.4, 0.5) is 4.39 Å². The average molecular weight is 1060 g/mol. The number of epoxide rings is 1. The standard InChI is InChI=1S/C55H63FN10O11/c1-30-33-15-16-38(50-34-27-66-42(51(34)64-40(49(33)50)23-37(30)56)22-36-35(54(66)75)28-76-29-55(36)31(2)77-55)61-46(70)26-60-53(74)41(21-32-11-5-3-6-12-32)63-45(69)25-58-44(68)24-59-52(73)39(13-8-9-19-57)62-43(67)14-7-4-10-20-65-47(71)17-18-48(65)72/h3,5-6,11-12,17-18,22-23,31,38-39,41H,4,7-10,13-16,19-21,24-29,57H2,1-2H3,(H,58,68)(H,59,73)(H,60,74)(H,61,70)(H,62,67)(H,63,69)/t31?,38-,39?,41-,55-/m0/s1. The van der Waals surface area contributed by atoms with E-state index in [0.717, 1.165) is 27.2 Å². The second-order valence-electron chi connectivity index (χ2n) is 20.2. The number of unbranched alkanes of at least 4 members (excludes halogenated alkanes) is 3. The Bertz CT molecular complexity index is 3130. The van der Waals surface area contributed by atoms with Crippen molar-refractivity contribution in [2.24, 2.45) is 5.73 Å². The summed E-state index contributed by atoms with van der Waals surface area (Å²) in [4.78, 5) is 124. The van der Waals surface area contributed by atoms with Crippen molar-refractivity contribution < 1.29 is 52.2 Å². The molecule has 8 amide bonds. The van der Waals surface area contributed by atoms with E-state index in [9.17, 15) is 43.2 Å². The molecular weight excluding hydrogens is 996 g/mol. The highest BCUT2D eigenvalue weighted by molar-refractivity contribution is 6.12. The molecule has 5 atom stereocenters. The highest BCUT2D eigenvalue weighted by atomic mass is 19.1. The van der Waals surface area contributed by atoms with Gasteiger partial charge in [-0.1, -0.05) is 36.8 Å². The highest BCUT2D eigenvalue weighted by Crippen LogP contribution is 2.51. The number of amides is 8. The Morgan fingerprint density at radius 1 is 0.831 bits per heavy atom. The van der Waals surface area contributed by atoms with E-state index < -0.39 is 78.7 Å². The zero-order chi connectivity index (χ0) is 54.5. The average Bonchev–Trinajstić information content (AvgIpc) is 3.79. The number of hydrogen-bond acceptors (Lipinski definition) is 13. The molecule has 1 spiro atoms. The molecule has 1 saturated heterocycles.